The molecule has 0 radical (unpaired) electrons. The van der Waals surface area contributed by atoms with Crippen molar-refractivity contribution in [1.29, 1.82) is 0 Å². The first-order valence-corrected chi connectivity index (χ1v) is 7.74. The van der Waals surface area contributed by atoms with E-state index in [4.69, 9.17) is 10.7 Å². The molecule has 20 heavy (non-hydrogen) atoms. The second kappa shape index (κ2) is 4.88. The first kappa shape index (κ1) is 13.6. The number of pyridine rings is 1. The van der Waals surface area contributed by atoms with Gasteiger partial charge in [0, 0.05) is 18.4 Å². The van der Waals surface area contributed by atoms with Gasteiger partial charge in [-0.1, -0.05) is 27.2 Å². The number of hydrogen-bond donors (Lipinski definition) is 1. The Labute approximate surface area is 121 Å². The Bertz CT molecular complexity index is 624. The van der Waals surface area contributed by atoms with Gasteiger partial charge in [-0.2, -0.15) is 0 Å². The molecule has 0 fully saturated rings. The predicted octanol–water partition coefficient (Wildman–Crippen LogP) is 3.33. The Balaban J connectivity index is 2.00. The zero-order chi connectivity index (χ0) is 14.3. The second-order valence-electron chi connectivity index (χ2n) is 6.75. The fourth-order valence-corrected chi connectivity index (χ4v) is 3.33. The van der Waals surface area contributed by atoms with Crippen LogP contribution in [0.1, 0.15) is 50.6 Å². The van der Waals surface area contributed by atoms with E-state index in [2.05, 4.69) is 43.5 Å². The van der Waals surface area contributed by atoms with Crippen LogP contribution in [-0.4, -0.2) is 9.38 Å². The molecule has 0 aliphatic heterocycles. The Morgan fingerprint density at radius 2 is 2.25 bits per heavy atom. The molecule has 2 aromatic heterocycles. The number of hydrogen-bond acceptors (Lipinski definition) is 2. The molecule has 0 amide bonds. The van der Waals surface area contributed by atoms with E-state index in [1.807, 2.05) is 0 Å². The van der Waals surface area contributed by atoms with E-state index >= 15 is 0 Å². The van der Waals surface area contributed by atoms with Crippen molar-refractivity contribution in [1.82, 2.24) is 9.38 Å². The zero-order valence-corrected chi connectivity index (χ0v) is 12.8. The van der Waals surface area contributed by atoms with Gasteiger partial charge in [-0.15, -0.1) is 0 Å². The Kier molecular flexibility index (Phi) is 3.33. The standard InChI is InChI=1S/C17H25N3/c1-4-17(2,3)13-5-6-14-15(10-13)20-8-7-12(11-18)9-16(20)19-14/h7-9,13H,4-6,10-11,18H2,1-3H3. The summed E-state index contributed by atoms with van der Waals surface area (Å²) in [6.07, 6.45) is 6.91. The summed E-state index contributed by atoms with van der Waals surface area (Å²) in [5.41, 5.74) is 11.1. The van der Waals surface area contributed by atoms with Crippen molar-refractivity contribution in [3.8, 4) is 0 Å². The number of imidazole rings is 1. The van der Waals surface area contributed by atoms with Gasteiger partial charge in [0.1, 0.15) is 5.65 Å². The van der Waals surface area contributed by atoms with Gasteiger partial charge >= 0.3 is 0 Å². The smallest absolute Gasteiger partial charge is 0.137 e. The largest absolute Gasteiger partial charge is 0.326 e. The summed E-state index contributed by atoms with van der Waals surface area (Å²) in [6.45, 7) is 7.69. The molecule has 2 aromatic rings. The minimum atomic E-state index is 0.416. The summed E-state index contributed by atoms with van der Waals surface area (Å²) in [5.74, 6) is 0.758. The molecule has 2 heterocycles. The van der Waals surface area contributed by atoms with Crippen LogP contribution in [0.25, 0.3) is 5.65 Å². The van der Waals surface area contributed by atoms with Gasteiger partial charge in [0.05, 0.1) is 5.69 Å². The summed E-state index contributed by atoms with van der Waals surface area (Å²) in [7, 11) is 0. The van der Waals surface area contributed by atoms with Crippen molar-refractivity contribution in [3.63, 3.8) is 0 Å². The maximum absolute atomic E-state index is 5.72. The van der Waals surface area contributed by atoms with Crippen LogP contribution in [0.5, 0.6) is 0 Å². The third-order valence-corrected chi connectivity index (χ3v) is 5.29. The highest BCUT2D eigenvalue weighted by molar-refractivity contribution is 5.46. The van der Waals surface area contributed by atoms with E-state index in [0.717, 1.165) is 30.0 Å². The molecule has 2 N–H and O–H groups in total. The van der Waals surface area contributed by atoms with Gasteiger partial charge < -0.3 is 10.1 Å². The number of fused-ring (bicyclic) bond motifs is 3. The molecule has 1 unspecified atom stereocenters. The van der Waals surface area contributed by atoms with Crippen LogP contribution in [0.15, 0.2) is 18.3 Å². The molecule has 1 atom stereocenters. The van der Waals surface area contributed by atoms with Crippen LogP contribution in [0.2, 0.25) is 0 Å². The van der Waals surface area contributed by atoms with E-state index in [9.17, 15) is 0 Å². The molecule has 3 nitrogen and oxygen atoms in total. The molecular formula is C17H25N3. The van der Waals surface area contributed by atoms with E-state index in [1.54, 1.807) is 0 Å². The first-order valence-electron chi connectivity index (χ1n) is 7.74. The molecule has 108 valence electrons. The summed E-state index contributed by atoms with van der Waals surface area (Å²) >= 11 is 0. The fourth-order valence-electron chi connectivity index (χ4n) is 3.33. The first-order chi connectivity index (χ1) is 9.55. The number of rotatable bonds is 3. The molecule has 3 rings (SSSR count). The lowest BCUT2D eigenvalue weighted by atomic mass is 9.70. The molecule has 0 spiro atoms. The van der Waals surface area contributed by atoms with Crippen LogP contribution >= 0.6 is 0 Å². The lowest BCUT2D eigenvalue weighted by Gasteiger charge is -2.36. The van der Waals surface area contributed by atoms with Crippen molar-refractivity contribution in [2.24, 2.45) is 17.1 Å². The van der Waals surface area contributed by atoms with Gasteiger partial charge in [-0.25, -0.2) is 4.98 Å². The van der Waals surface area contributed by atoms with Crippen LogP contribution in [0, 0.1) is 11.3 Å². The lowest BCUT2D eigenvalue weighted by molar-refractivity contribution is 0.180. The van der Waals surface area contributed by atoms with Crippen LogP contribution in [0.3, 0.4) is 0 Å². The molecule has 0 aromatic carbocycles. The van der Waals surface area contributed by atoms with Crippen molar-refractivity contribution in [2.45, 2.75) is 53.0 Å². The Hall–Kier alpha value is -1.35. The molecular weight excluding hydrogens is 246 g/mol. The highest BCUT2D eigenvalue weighted by Gasteiger charge is 2.32. The van der Waals surface area contributed by atoms with Crippen LogP contribution < -0.4 is 5.73 Å². The molecule has 1 aliphatic rings. The average Bonchev–Trinajstić information content (AvgIpc) is 2.83. The molecule has 0 saturated carbocycles. The predicted molar refractivity (Wildman–Crippen MR) is 82.7 cm³/mol. The zero-order valence-electron chi connectivity index (χ0n) is 12.8. The topological polar surface area (TPSA) is 43.3 Å². The minimum Gasteiger partial charge on any atom is -0.326 e. The maximum Gasteiger partial charge on any atom is 0.137 e. The van der Waals surface area contributed by atoms with Crippen molar-refractivity contribution >= 4 is 5.65 Å². The van der Waals surface area contributed by atoms with Gasteiger partial charge in [-0.3, -0.25) is 0 Å². The lowest BCUT2D eigenvalue weighted by Crippen LogP contribution is -2.29. The van der Waals surface area contributed by atoms with Crippen LogP contribution in [0.4, 0.5) is 0 Å². The number of aromatic nitrogens is 2. The van der Waals surface area contributed by atoms with Crippen molar-refractivity contribution in [2.75, 3.05) is 0 Å². The second-order valence-corrected chi connectivity index (χ2v) is 6.75. The molecule has 1 aliphatic carbocycles. The van der Waals surface area contributed by atoms with Gasteiger partial charge in [-0.05, 0) is 48.3 Å². The van der Waals surface area contributed by atoms with Gasteiger partial charge in [0.25, 0.3) is 0 Å². The number of nitrogens with zero attached hydrogens (tertiary/aromatic N) is 2. The Morgan fingerprint density at radius 1 is 1.45 bits per heavy atom. The minimum absolute atomic E-state index is 0.416. The van der Waals surface area contributed by atoms with Crippen LogP contribution in [-0.2, 0) is 19.4 Å². The monoisotopic (exact) mass is 271 g/mol. The number of aryl methyl sites for hydroxylation is 1. The third-order valence-electron chi connectivity index (χ3n) is 5.29. The highest BCUT2D eigenvalue weighted by atomic mass is 15.0. The third kappa shape index (κ3) is 2.14. The normalized spacial score (nSPS) is 19.3. The Morgan fingerprint density at radius 3 is 2.95 bits per heavy atom. The average molecular weight is 271 g/mol. The van der Waals surface area contributed by atoms with Gasteiger partial charge in [0.2, 0.25) is 0 Å². The maximum atomic E-state index is 5.72. The van der Waals surface area contributed by atoms with Crippen molar-refractivity contribution in [3.05, 3.63) is 35.3 Å². The summed E-state index contributed by atoms with van der Waals surface area (Å²) in [6, 6.07) is 4.24. The van der Waals surface area contributed by atoms with Gasteiger partial charge in [0.15, 0.2) is 0 Å². The van der Waals surface area contributed by atoms with E-state index in [-0.39, 0.29) is 0 Å². The molecule has 0 saturated heterocycles. The van der Waals surface area contributed by atoms with E-state index in [1.165, 1.54) is 24.2 Å². The van der Waals surface area contributed by atoms with E-state index in [0.29, 0.717) is 12.0 Å². The summed E-state index contributed by atoms with van der Waals surface area (Å²) < 4.78 is 2.27. The van der Waals surface area contributed by atoms with Crippen molar-refractivity contribution < 1.29 is 0 Å². The SMILES string of the molecule is CCC(C)(C)C1CCc2nc3cc(CN)ccn3c2C1. The summed E-state index contributed by atoms with van der Waals surface area (Å²) in [4.78, 5) is 4.81. The molecule has 0 bridgehead atoms. The van der Waals surface area contributed by atoms with E-state index < -0.39 is 0 Å². The highest BCUT2D eigenvalue weighted by Crippen LogP contribution is 2.39. The fraction of sp³-hybridized carbons (Fsp3) is 0.588. The summed E-state index contributed by atoms with van der Waals surface area (Å²) in [5, 5.41) is 0. The quantitative estimate of drug-likeness (QED) is 0.930. The number of nitrogens with two attached hydrogens (primary N) is 1. The molecule has 3 heteroatoms.